The number of ether oxygens (including phenoxy) is 1. The highest BCUT2D eigenvalue weighted by molar-refractivity contribution is 5.89. The molecule has 0 bridgehead atoms. The molecule has 0 saturated heterocycles. The van der Waals surface area contributed by atoms with Crippen molar-refractivity contribution in [2.75, 3.05) is 7.11 Å². The van der Waals surface area contributed by atoms with E-state index in [1.165, 1.54) is 24.7 Å². The quantitative estimate of drug-likeness (QED) is 0.704. The highest BCUT2D eigenvalue weighted by Crippen LogP contribution is 2.30. The Morgan fingerprint density at radius 2 is 1.85 bits per heavy atom. The van der Waals surface area contributed by atoms with Crippen LogP contribution >= 0.6 is 0 Å². The van der Waals surface area contributed by atoms with Crippen LogP contribution in [0, 0.1) is 0 Å². The lowest BCUT2D eigenvalue weighted by atomic mass is 10.0. The second-order valence-corrected chi connectivity index (χ2v) is 6.87. The van der Waals surface area contributed by atoms with E-state index in [1.54, 1.807) is 18.4 Å². The Bertz CT molecular complexity index is 1000. The zero-order valence-electron chi connectivity index (χ0n) is 15.2. The van der Waals surface area contributed by atoms with Crippen LogP contribution in [0.1, 0.15) is 39.0 Å². The molecule has 138 valence electrons. The summed E-state index contributed by atoms with van der Waals surface area (Å²) in [4.78, 5) is 23.8. The average Bonchev–Trinajstić information content (AvgIpc) is 3.31. The molecule has 0 fully saturated rings. The second-order valence-electron chi connectivity index (χ2n) is 6.87. The van der Waals surface area contributed by atoms with Crippen LogP contribution in [-0.4, -0.2) is 19.0 Å². The largest absolute Gasteiger partial charge is 0.465 e. The summed E-state index contributed by atoms with van der Waals surface area (Å²) < 4.78 is 10.3. The number of carbonyl (C=O) groups excluding carboxylic acids is 2. The molecule has 1 N–H and O–H groups in total. The maximum atomic E-state index is 12.4. The summed E-state index contributed by atoms with van der Waals surface area (Å²) in [6.45, 7) is 0.408. The van der Waals surface area contributed by atoms with Crippen LogP contribution in [0.25, 0.3) is 11.0 Å². The fraction of sp³-hybridized carbons (Fsp3) is 0.273. The number of benzene rings is 2. The lowest BCUT2D eigenvalue weighted by Crippen LogP contribution is -2.24. The van der Waals surface area contributed by atoms with Crippen molar-refractivity contribution < 1.29 is 18.7 Å². The van der Waals surface area contributed by atoms with Gasteiger partial charge in [-0.2, -0.15) is 0 Å². The molecule has 1 aliphatic rings. The van der Waals surface area contributed by atoms with Gasteiger partial charge >= 0.3 is 5.97 Å². The van der Waals surface area contributed by atoms with Gasteiger partial charge < -0.3 is 14.5 Å². The minimum absolute atomic E-state index is 0.0600. The number of aryl methyl sites for hydroxylation is 2. The maximum Gasteiger partial charge on any atom is 0.337 e. The molecule has 0 aliphatic heterocycles. The number of amides is 1. The number of furan rings is 1. The molecule has 27 heavy (non-hydrogen) atoms. The Morgan fingerprint density at radius 1 is 1.11 bits per heavy atom. The van der Waals surface area contributed by atoms with Gasteiger partial charge in [0.05, 0.1) is 25.4 Å². The Morgan fingerprint density at radius 3 is 2.59 bits per heavy atom. The van der Waals surface area contributed by atoms with Crippen LogP contribution in [-0.2, 0) is 35.3 Å². The molecule has 5 nitrogen and oxygen atoms in total. The molecule has 0 atom stereocenters. The standard InChI is InChI=1S/C22H21NO4/c1-26-22(25)15-7-5-14(6-8-15)12-23-21(24)11-18-13-27-20-10-17-4-2-3-16(17)9-19(18)20/h5-10,13H,2-4,11-12H2,1H3,(H,23,24). The molecule has 1 amide bonds. The van der Waals surface area contributed by atoms with Gasteiger partial charge in [-0.05, 0) is 60.2 Å². The third-order valence-corrected chi connectivity index (χ3v) is 5.08. The molecule has 1 aliphatic carbocycles. The van der Waals surface area contributed by atoms with Gasteiger partial charge in [-0.25, -0.2) is 4.79 Å². The van der Waals surface area contributed by atoms with Crippen molar-refractivity contribution in [3.8, 4) is 0 Å². The van der Waals surface area contributed by atoms with Crippen molar-refractivity contribution >= 4 is 22.8 Å². The number of hydrogen-bond donors (Lipinski definition) is 1. The predicted molar refractivity (Wildman–Crippen MR) is 102 cm³/mol. The van der Waals surface area contributed by atoms with Crippen LogP contribution in [0.3, 0.4) is 0 Å². The van der Waals surface area contributed by atoms with E-state index in [4.69, 9.17) is 4.42 Å². The average molecular weight is 363 g/mol. The molecule has 0 unspecified atom stereocenters. The van der Waals surface area contributed by atoms with Gasteiger partial charge in [0.2, 0.25) is 5.91 Å². The van der Waals surface area contributed by atoms with Crippen LogP contribution < -0.4 is 5.32 Å². The molecule has 0 saturated carbocycles. The molecule has 2 aromatic carbocycles. The van der Waals surface area contributed by atoms with E-state index in [0.717, 1.165) is 34.9 Å². The van der Waals surface area contributed by atoms with Crippen LogP contribution in [0.2, 0.25) is 0 Å². The van der Waals surface area contributed by atoms with E-state index >= 15 is 0 Å². The minimum atomic E-state index is -0.371. The van der Waals surface area contributed by atoms with Crippen molar-refractivity contribution in [1.82, 2.24) is 5.32 Å². The van der Waals surface area contributed by atoms with Crippen LogP contribution in [0.15, 0.2) is 47.1 Å². The van der Waals surface area contributed by atoms with Gasteiger partial charge in [0, 0.05) is 17.5 Å². The van der Waals surface area contributed by atoms with Gasteiger partial charge in [-0.3, -0.25) is 4.79 Å². The van der Waals surface area contributed by atoms with Crippen LogP contribution in [0.4, 0.5) is 0 Å². The smallest absolute Gasteiger partial charge is 0.337 e. The zero-order valence-corrected chi connectivity index (χ0v) is 15.2. The minimum Gasteiger partial charge on any atom is -0.465 e. The van der Waals surface area contributed by atoms with E-state index < -0.39 is 0 Å². The van der Waals surface area contributed by atoms with Crippen molar-refractivity contribution in [3.63, 3.8) is 0 Å². The van der Waals surface area contributed by atoms with Crippen molar-refractivity contribution in [2.24, 2.45) is 0 Å². The summed E-state index contributed by atoms with van der Waals surface area (Å²) in [5, 5.41) is 3.96. The molecule has 3 aromatic rings. The molecular formula is C22H21NO4. The number of fused-ring (bicyclic) bond motifs is 2. The summed E-state index contributed by atoms with van der Waals surface area (Å²) in [6.07, 6.45) is 5.36. The predicted octanol–water partition coefficient (Wildman–Crippen LogP) is 3.57. The molecular weight excluding hydrogens is 342 g/mol. The number of esters is 1. The Balaban J connectivity index is 1.40. The van der Waals surface area contributed by atoms with E-state index in [1.807, 2.05) is 12.1 Å². The van der Waals surface area contributed by atoms with Gasteiger partial charge in [-0.1, -0.05) is 12.1 Å². The van der Waals surface area contributed by atoms with E-state index in [-0.39, 0.29) is 18.3 Å². The Hall–Kier alpha value is -3.08. The van der Waals surface area contributed by atoms with Gasteiger partial charge in [0.15, 0.2) is 0 Å². The number of rotatable bonds is 5. The molecule has 4 rings (SSSR count). The van der Waals surface area contributed by atoms with E-state index in [0.29, 0.717) is 12.1 Å². The van der Waals surface area contributed by atoms with Gasteiger partial charge in [0.1, 0.15) is 5.58 Å². The number of carbonyl (C=O) groups is 2. The monoisotopic (exact) mass is 363 g/mol. The van der Waals surface area contributed by atoms with Crippen molar-refractivity contribution in [3.05, 3.63) is 70.5 Å². The third-order valence-electron chi connectivity index (χ3n) is 5.08. The molecule has 1 aromatic heterocycles. The van der Waals surface area contributed by atoms with Crippen molar-refractivity contribution in [1.29, 1.82) is 0 Å². The number of methoxy groups -OCH3 is 1. The fourth-order valence-electron chi connectivity index (χ4n) is 3.60. The highest BCUT2D eigenvalue weighted by atomic mass is 16.5. The van der Waals surface area contributed by atoms with E-state index in [2.05, 4.69) is 22.2 Å². The third kappa shape index (κ3) is 3.58. The topological polar surface area (TPSA) is 68.5 Å². The molecule has 1 heterocycles. The normalized spacial score (nSPS) is 12.8. The van der Waals surface area contributed by atoms with Crippen LogP contribution in [0.5, 0.6) is 0 Å². The Kier molecular flexibility index (Phi) is 4.67. The first kappa shape index (κ1) is 17.3. The lowest BCUT2D eigenvalue weighted by Gasteiger charge is -2.06. The fourth-order valence-corrected chi connectivity index (χ4v) is 3.60. The summed E-state index contributed by atoms with van der Waals surface area (Å²) >= 11 is 0. The second kappa shape index (κ2) is 7.27. The maximum absolute atomic E-state index is 12.4. The highest BCUT2D eigenvalue weighted by Gasteiger charge is 2.16. The molecule has 5 heteroatoms. The number of hydrogen-bond acceptors (Lipinski definition) is 4. The SMILES string of the molecule is COC(=O)c1ccc(CNC(=O)Cc2coc3cc4c(cc23)CCC4)cc1. The van der Waals surface area contributed by atoms with E-state index in [9.17, 15) is 9.59 Å². The van der Waals surface area contributed by atoms with Crippen molar-refractivity contribution in [2.45, 2.75) is 32.2 Å². The summed E-state index contributed by atoms with van der Waals surface area (Å²) in [7, 11) is 1.35. The molecule has 0 spiro atoms. The number of nitrogens with one attached hydrogen (secondary N) is 1. The summed E-state index contributed by atoms with van der Waals surface area (Å²) in [5.41, 5.74) is 5.92. The zero-order chi connectivity index (χ0) is 18.8. The van der Waals surface area contributed by atoms with Gasteiger partial charge in [-0.15, -0.1) is 0 Å². The Labute approximate surface area is 157 Å². The first-order valence-corrected chi connectivity index (χ1v) is 9.10. The summed E-state index contributed by atoms with van der Waals surface area (Å²) in [6, 6.07) is 11.3. The van der Waals surface area contributed by atoms with Gasteiger partial charge in [0.25, 0.3) is 0 Å². The molecule has 0 radical (unpaired) electrons. The lowest BCUT2D eigenvalue weighted by molar-refractivity contribution is -0.120. The first-order valence-electron chi connectivity index (χ1n) is 9.10. The first-order chi connectivity index (χ1) is 13.1. The summed E-state index contributed by atoms with van der Waals surface area (Å²) in [5.74, 6) is -0.431.